The minimum atomic E-state index is -0.846. The first-order chi connectivity index (χ1) is 11.0. The van der Waals surface area contributed by atoms with Crippen molar-refractivity contribution in [3.8, 4) is 5.69 Å². The van der Waals surface area contributed by atoms with Gasteiger partial charge in [-0.05, 0) is 31.5 Å². The zero-order chi connectivity index (χ0) is 16.6. The molecule has 1 saturated heterocycles. The molecule has 0 saturated carbocycles. The lowest BCUT2D eigenvalue weighted by Crippen LogP contribution is -2.30. The first-order valence-electron chi connectivity index (χ1n) is 7.30. The van der Waals surface area contributed by atoms with E-state index in [-0.39, 0.29) is 12.5 Å². The van der Waals surface area contributed by atoms with Crippen LogP contribution in [0.2, 0.25) is 0 Å². The number of hydrogen-bond donors (Lipinski definition) is 1. The standard InChI is InChI=1S/C16H16BrN3O3/c1-10-14(15(21)19-6-5-11(9-19)16(22)23)8-18-20(10)13-4-2-3-12(17)7-13/h2-4,7-8,11H,5-6,9H2,1H3,(H,22,23)/t11-/m0/s1. The molecule has 0 radical (unpaired) electrons. The van der Waals surface area contributed by atoms with E-state index in [1.54, 1.807) is 15.8 Å². The Labute approximate surface area is 141 Å². The summed E-state index contributed by atoms with van der Waals surface area (Å²) in [5, 5.41) is 13.4. The van der Waals surface area contributed by atoms with Crippen LogP contribution in [0, 0.1) is 12.8 Å². The van der Waals surface area contributed by atoms with E-state index < -0.39 is 11.9 Å². The Morgan fingerprint density at radius 2 is 2.17 bits per heavy atom. The van der Waals surface area contributed by atoms with Gasteiger partial charge in [-0.25, -0.2) is 4.68 Å². The van der Waals surface area contributed by atoms with Crippen LogP contribution in [0.4, 0.5) is 0 Å². The number of carboxylic acids is 1. The molecule has 3 rings (SSSR count). The second-order valence-electron chi connectivity index (χ2n) is 5.61. The highest BCUT2D eigenvalue weighted by Crippen LogP contribution is 2.22. The Bertz CT molecular complexity index is 772. The predicted octanol–water partition coefficient (Wildman–Crippen LogP) is 2.49. The van der Waals surface area contributed by atoms with Crippen molar-refractivity contribution in [2.45, 2.75) is 13.3 Å². The first kappa shape index (κ1) is 15.7. The van der Waals surface area contributed by atoms with Gasteiger partial charge in [0, 0.05) is 17.6 Å². The molecule has 6 nitrogen and oxygen atoms in total. The zero-order valence-electron chi connectivity index (χ0n) is 12.6. The van der Waals surface area contributed by atoms with E-state index in [9.17, 15) is 9.59 Å². The summed E-state index contributed by atoms with van der Waals surface area (Å²) in [7, 11) is 0. The lowest BCUT2D eigenvalue weighted by atomic mass is 10.1. The molecule has 1 N–H and O–H groups in total. The van der Waals surface area contributed by atoms with Crippen molar-refractivity contribution in [1.82, 2.24) is 14.7 Å². The Hall–Kier alpha value is -2.15. The highest BCUT2D eigenvalue weighted by Gasteiger charge is 2.32. The molecular weight excluding hydrogens is 362 g/mol. The third kappa shape index (κ3) is 3.01. The Balaban J connectivity index is 1.85. The molecule has 0 unspecified atom stereocenters. The molecule has 1 aliphatic heterocycles. The lowest BCUT2D eigenvalue weighted by Gasteiger charge is -2.15. The van der Waals surface area contributed by atoms with Crippen molar-refractivity contribution in [2.24, 2.45) is 5.92 Å². The molecule has 23 heavy (non-hydrogen) atoms. The number of likely N-dealkylation sites (tertiary alicyclic amines) is 1. The summed E-state index contributed by atoms with van der Waals surface area (Å²) in [6, 6.07) is 7.66. The molecule has 120 valence electrons. The van der Waals surface area contributed by atoms with Gasteiger partial charge in [0.2, 0.25) is 0 Å². The number of benzene rings is 1. The number of nitrogens with zero attached hydrogens (tertiary/aromatic N) is 3. The number of carbonyl (C=O) groups excluding carboxylic acids is 1. The number of halogens is 1. The van der Waals surface area contributed by atoms with E-state index in [0.29, 0.717) is 18.5 Å². The molecule has 1 aromatic heterocycles. The summed E-state index contributed by atoms with van der Waals surface area (Å²) in [5.74, 6) is -1.48. The molecule has 0 bridgehead atoms. The fourth-order valence-corrected chi connectivity index (χ4v) is 3.19. The van der Waals surface area contributed by atoms with Crippen LogP contribution in [0.5, 0.6) is 0 Å². The van der Waals surface area contributed by atoms with Crippen LogP contribution >= 0.6 is 15.9 Å². The third-order valence-electron chi connectivity index (χ3n) is 4.12. The summed E-state index contributed by atoms with van der Waals surface area (Å²) in [6.07, 6.45) is 2.05. The molecule has 1 aliphatic rings. The molecule has 7 heteroatoms. The van der Waals surface area contributed by atoms with Crippen LogP contribution in [-0.2, 0) is 4.79 Å². The predicted molar refractivity (Wildman–Crippen MR) is 87.6 cm³/mol. The molecule has 2 heterocycles. The summed E-state index contributed by atoms with van der Waals surface area (Å²) in [6.45, 7) is 2.57. The largest absolute Gasteiger partial charge is 0.481 e. The average molecular weight is 378 g/mol. The molecule has 1 atom stereocenters. The number of carbonyl (C=O) groups is 2. The molecular formula is C16H16BrN3O3. The fourth-order valence-electron chi connectivity index (χ4n) is 2.80. The molecule has 1 fully saturated rings. The Morgan fingerprint density at radius 1 is 1.39 bits per heavy atom. The van der Waals surface area contributed by atoms with Crippen molar-refractivity contribution >= 4 is 27.8 Å². The quantitative estimate of drug-likeness (QED) is 0.891. The molecule has 2 aromatic rings. The van der Waals surface area contributed by atoms with Gasteiger partial charge in [0.15, 0.2) is 0 Å². The molecule has 1 amide bonds. The van der Waals surface area contributed by atoms with Crippen LogP contribution in [0.15, 0.2) is 34.9 Å². The Kier molecular flexibility index (Phi) is 4.21. The van der Waals surface area contributed by atoms with Gasteiger partial charge >= 0.3 is 5.97 Å². The van der Waals surface area contributed by atoms with Crippen LogP contribution in [0.3, 0.4) is 0 Å². The number of rotatable bonds is 3. The summed E-state index contributed by atoms with van der Waals surface area (Å²) >= 11 is 3.42. The van der Waals surface area contributed by atoms with Gasteiger partial charge in [0.05, 0.1) is 29.1 Å². The van der Waals surface area contributed by atoms with E-state index in [2.05, 4.69) is 21.0 Å². The normalized spacial score (nSPS) is 17.5. The van der Waals surface area contributed by atoms with Crippen LogP contribution < -0.4 is 0 Å². The van der Waals surface area contributed by atoms with Crippen molar-refractivity contribution in [3.05, 3.63) is 46.2 Å². The van der Waals surface area contributed by atoms with Gasteiger partial charge < -0.3 is 10.0 Å². The van der Waals surface area contributed by atoms with Gasteiger partial charge in [-0.15, -0.1) is 0 Å². The summed E-state index contributed by atoms with van der Waals surface area (Å²) in [4.78, 5) is 25.2. The van der Waals surface area contributed by atoms with Gasteiger partial charge in [0.1, 0.15) is 0 Å². The minimum absolute atomic E-state index is 0.160. The Morgan fingerprint density at radius 3 is 2.83 bits per heavy atom. The highest BCUT2D eigenvalue weighted by molar-refractivity contribution is 9.10. The van der Waals surface area contributed by atoms with Crippen molar-refractivity contribution in [1.29, 1.82) is 0 Å². The van der Waals surface area contributed by atoms with E-state index in [1.165, 1.54) is 0 Å². The maximum atomic E-state index is 12.6. The van der Waals surface area contributed by atoms with Gasteiger partial charge in [-0.1, -0.05) is 22.0 Å². The second-order valence-corrected chi connectivity index (χ2v) is 6.53. The van der Waals surface area contributed by atoms with E-state index in [1.807, 2.05) is 31.2 Å². The summed E-state index contributed by atoms with van der Waals surface area (Å²) < 4.78 is 2.64. The van der Waals surface area contributed by atoms with E-state index in [0.717, 1.165) is 15.9 Å². The van der Waals surface area contributed by atoms with Crippen molar-refractivity contribution in [2.75, 3.05) is 13.1 Å². The SMILES string of the molecule is Cc1c(C(=O)N2CC[C@H](C(=O)O)C2)cnn1-c1cccc(Br)c1. The summed E-state index contributed by atoms with van der Waals surface area (Å²) in [5.41, 5.74) is 2.11. The molecule has 0 aliphatic carbocycles. The van der Waals surface area contributed by atoms with Crippen molar-refractivity contribution in [3.63, 3.8) is 0 Å². The monoisotopic (exact) mass is 377 g/mol. The topological polar surface area (TPSA) is 75.4 Å². The second kappa shape index (κ2) is 6.16. The zero-order valence-corrected chi connectivity index (χ0v) is 14.2. The lowest BCUT2D eigenvalue weighted by molar-refractivity contribution is -0.141. The number of carboxylic acid groups (broad SMARTS) is 1. The van der Waals surface area contributed by atoms with Crippen LogP contribution in [0.1, 0.15) is 22.5 Å². The van der Waals surface area contributed by atoms with Gasteiger partial charge in [0.25, 0.3) is 5.91 Å². The van der Waals surface area contributed by atoms with Crippen molar-refractivity contribution < 1.29 is 14.7 Å². The maximum Gasteiger partial charge on any atom is 0.308 e. The first-order valence-corrected chi connectivity index (χ1v) is 8.09. The number of aliphatic carboxylic acids is 1. The smallest absolute Gasteiger partial charge is 0.308 e. The average Bonchev–Trinajstić information content (AvgIpc) is 3.13. The van der Waals surface area contributed by atoms with E-state index in [4.69, 9.17) is 5.11 Å². The minimum Gasteiger partial charge on any atom is -0.481 e. The number of aromatic nitrogens is 2. The third-order valence-corrected chi connectivity index (χ3v) is 4.61. The van der Waals surface area contributed by atoms with Crippen LogP contribution in [0.25, 0.3) is 5.69 Å². The van der Waals surface area contributed by atoms with Gasteiger partial charge in [-0.3, -0.25) is 9.59 Å². The van der Waals surface area contributed by atoms with Gasteiger partial charge in [-0.2, -0.15) is 5.10 Å². The molecule has 0 spiro atoms. The van der Waals surface area contributed by atoms with E-state index >= 15 is 0 Å². The highest BCUT2D eigenvalue weighted by atomic mass is 79.9. The number of amides is 1. The fraction of sp³-hybridized carbons (Fsp3) is 0.312. The number of hydrogen-bond acceptors (Lipinski definition) is 3. The van der Waals surface area contributed by atoms with Crippen LogP contribution in [-0.4, -0.2) is 44.8 Å². The molecule has 1 aromatic carbocycles. The maximum absolute atomic E-state index is 12.6.